The zero-order valence-electron chi connectivity index (χ0n) is 11.1. The maximum atomic E-state index is 5.90. The first-order valence-corrected chi connectivity index (χ1v) is 6.82. The second-order valence-corrected chi connectivity index (χ2v) is 4.57. The van der Waals surface area contributed by atoms with Crippen LogP contribution in [0.15, 0.2) is 36.9 Å². The summed E-state index contributed by atoms with van der Waals surface area (Å²) in [6.07, 6.45) is 7.97. The Morgan fingerprint density at radius 3 is 2.67 bits per heavy atom. The van der Waals surface area contributed by atoms with E-state index in [1.807, 2.05) is 16.9 Å². The third-order valence-corrected chi connectivity index (χ3v) is 2.88. The van der Waals surface area contributed by atoms with E-state index in [2.05, 4.69) is 30.5 Å². The van der Waals surface area contributed by atoms with Gasteiger partial charge in [-0.1, -0.05) is 0 Å². The zero-order valence-corrected chi connectivity index (χ0v) is 11.8. The van der Waals surface area contributed by atoms with Gasteiger partial charge in [-0.05, 0) is 30.2 Å². The van der Waals surface area contributed by atoms with Gasteiger partial charge in [-0.15, -0.1) is 0 Å². The number of rotatable bonds is 6. The number of halogens is 1. The Bertz CT molecular complexity index is 679. The molecule has 0 bridgehead atoms. The molecule has 0 saturated heterocycles. The number of aromatic nitrogens is 7. The standard InChI is InChI=1S/C12H13ClN8/c13-10-17-11(14-4-1-7-20-8-2-5-15-20)19-12(18-10)21-9-3-6-16-21/h2-3,5-6,8-9H,1,4,7H2,(H,14,17,18,19). The second kappa shape index (κ2) is 6.31. The summed E-state index contributed by atoms with van der Waals surface area (Å²) in [5.74, 6) is 0.815. The van der Waals surface area contributed by atoms with Crippen molar-refractivity contribution >= 4 is 17.5 Å². The Kier molecular flexibility index (Phi) is 4.06. The van der Waals surface area contributed by atoms with Crippen molar-refractivity contribution in [1.82, 2.24) is 34.5 Å². The van der Waals surface area contributed by atoms with Crippen molar-refractivity contribution in [1.29, 1.82) is 0 Å². The maximum absolute atomic E-state index is 5.90. The normalized spacial score (nSPS) is 10.7. The molecule has 0 aliphatic heterocycles. The minimum atomic E-state index is 0.130. The van der Waals surface area contributed by atoms with Crippen molar-refractivity contribution in [2.24, 2.45) is 0 Å². The molecule has 0 aromatic carbocycles. The third kappa shape index (κ3) is 3.54. The highest BCUT2D eigenvalue weighted by atomic mass is 35.5. The Morgan fingerprint density at radius 1 is 1.05 bits per heavy atom. The number of anilines is 1. The zero-order chi connectivity index (χ0) is 14.5. The van der Waals surface area contributed by atoms with Crippen molar-refractivity contribution in [3.8, 4) is 5.95 Å². The van der Waals surface area contributed by atoms with E-state index in [9.17, 15) is 0 Å². The van der Waals surface area contributed by atoms with Gasteiger partial charge in [0.1, 0.15) is 0 Å². The average Bonchev–Trinajstić information content (AvgIpc) is 3.16. The molecule has 3 heterocycles. The first-order chi connectivity index (χ1) is 10.3. The summed E-state index contributed by atoms with van der Waals surface area (Å²) in [5.41, 5.74) is 0. The molecule has 0 unspecified atom stereocenters. The van der Waals surface area contributed by atoms with Gasteiger partial charge in [-0.25, -0.2) is 4.68 Å². The van der Waals surface area contributed by atoms with Crippen LogP contribution in [-0.2, 0) is 6.54 Å². The highest BCUT2D eigenvalue weighted by Crippen LogP contribution is 2.08. The lowest BCUT2D eigenvalue weighted by atomic mass is 10.4. The van der Waals surface area contributed by atoms with E-state index in [0.717, 1.165) is 13.0 Å². The van der Waals surface area contributed by atoms with Crippen molar-refractivity contribution in [2.45, 2.75) is 13.0 Å². The van der Waals surface area contributed by atoms with Gasteiger partial charge >= 0.3 is 0 Å². The minimum absolute atomic E-state index is 0.130. The van der Waals surface area contributed by atoms with Crippen molar-refractivity contribution in [3.05, 3.63) is 42.2 Å². The molecule has 108 valence electrons. The van der Waals surface area contributed by atoms with Crippen LogP contribution in [0.2, 0.25) is 5.28 Å². The van der Waals surface area contributed by atoms with Crippen LogP contribution in [0.1, 0.15) is 6.42 Å². The molecular formula is C12H13ClN8. The molecule has 0 amide bonds. The van der Waals surface area contributed by atoms with Crippen molar-refractivity contribution < 1.29 is 0 Å². The van der Waals surface area contributed by atoms with Gasteiger partial charge in [-0.2, -0.15) is 25.1 Å². The van der Waals surface area contributed by atoms with Crippen LogP contribution in [0, 0.1) is 0 Å². The fourth-order valence-corrected chi connectivity index (χ4v) is 1.94. The first kappa shape index (κ1) is 13.5. The van der Waals surface area contributed by atoms with E-state index in [1.54, 1.807) is 24.7 Å². The van der Waals surface area contributed by atoms with Crippen LogP contribution in [0.3, 0.4) is 0 Å². The summed E-state index contributed by atoms with van der Waals surface area (Å²) in [6, 6.07) is 3.68. The Morgan fingerprint density at radius 2 is 1.90 bits per heavy atom. The van der Waals surface area contributed by atoms with Gasteiger partial charge in [0.05, 0.1) is 0 Å². The van der Waals surface area contributed by atoms with Crippen LogP contribution < -0.4 is 5.32 Å². The number of aryl methyl sites for hydroxylation is 1. The predicted molar refractivity (Wildman–Crippen MR) is 77.3 cm³/mol. The van der Waals surface area contributed by atoms with Crippen molar-refractivity contribution in [3.63, 3.8) is 0 Å². The maximum Gasteiger partial charge on any atom is 0.256 e. The van der Waals surface area contributed by atoms with Gasteiger partial charge in [0, 0.05) is 37.9 Å². The van der Waals surface area contributed by atoms with Crippen molar-refractivity contribution in [2.75, 3.05) is 11.9 Å². The summed E-state index contributed by atoms with van der Waals surface area (Å²) in [6.45, 7) is 1.53. The third-order valence-electron chi connectivity index (χ3n) is 2.71. The minimum Gasteiger partial charge on any atom is -0.354 e. The molecule has 0 spiro atoms. The first-order valence-electron chi connectivity index (χ1n) is 6.44. The molecule has 0 saturated carbocycles. The second-order valence-electron chi connectivity index (χ2n) is 4.23. The lowest BCUT2D eigenvalue weighted by Crippen LogP contribution is -2.12. The van der Waals surface area contributed by atoms with Gasteiger partial charge in [0.25, 0.3) is 5.95 Å². The molecule has 1 N–H and O–H groups in total. The average molecular weight is 305 g/mol. The van der Waals surface area contributed by atoms with Gasteiger partial charge in [0.15, 0.2) is 0 Å². The highest BCUT2D eigenvalue weighted by molar-refractivity contribution is 6.28. The Labute approximate surface area is 125 Å². The predicted octanol–water partition coefficient (Wildman–Crippen LogP) is 1.41. The SMILES string of the molecule is Clc1nc(NCCCn2cccn2)nc(-n2cccn2)n1. The van der Waals surface area contributed by atoms with E-state index in [-0.39, 0.29) is 5.28 Å². The fraction of sp³-hybridized carbons (Fsp3) is 0.250. The Hall–Kier alpha value is -2.48. The molecule has 0 fully saturated rings. The van der Waals surface area contributed by atoms with Gasteiger partial charge in [0.2, 0.25) is 11.2 Å². The number of nitrogens with one attached hydrogen (secondary N) is 1. The van der Waals surface area contributed by atoms with Gasteiger partial charge < -0.3 is 5.32 Å². The molecule has 9 heteroatoms. The molecule has 0 atom stereocenters. The number of nitrogens with zero attached hydrogens (tertiary/aromatic N) is 7. The highest BCUT2D eigenvalue weighted by Gasteiger charge is 2.06. The summed E-state index contributed by atoms with van der Waals surface area (Å²) >= 11 is 5.90. The largest absolute Gasteiger partial charge is 0.354 e. The molecule has 0 radical (unpaired) electrons. The molecule has 3 aromatic rings. The van der Waals surface area contributed by atoms with Crippen LogP contribution in [0.25, 0.3) is 5.95 Å². The summed E-state index contributed by atoms with van der Waals surface area (Å²) < 4.78 is 3.40. The molecule has 3 aromatic heterocycles. The molecule has 0 aliphatic carbocycles. The number of hydrogen-bond acceptors (Lipinski definition) is 6. The smallest absolute Gasteiger partial charge is 0.256 e. The van der Waals surface area contributed by atoms with Gasteiger partial charge in [-0.3, -0.25) is 4.68 Å². The number of hydrogen-bond donors (Lipinski definition) is 1. The van der Waals surface area contributed by atoms with E-state index in [0.29, 0.717) is 18.4 Å². The molecule has 21 heavy (non-hydrogen) atoms. The fourth-order valence-electron chi connectivity index (χ4n) is 1.78. The molecule has 8 nitrogen and oxygen atoms in total. The molecular weight excluding hydrogens is 292 g/mol. The van der Waals surface area contributed by atoms with E-state index in [4.69, 9.17) is 11.6 Å². The lowest BCUT2D eigenvalue weighted by Gasteiger charge is -2.07. The summed E-state index contributed by atoms with van der Waals surface area (Å²) in [7, 11) is 0. The monoisotopic (exact) mass is 304 g/mol. The van der Waals surface area contributed by atoms with Crippen LogP contribution in [-0.4, -0.2) is 41.1 Å². The topological polar surface area (TPSA) is 86.3 Å². The van der Waals surface area contributed by atoms with E-state index < -0.39 is 0 Å². The quantitative estimate of drug-likeness (QED) is 0.693. The Balaban J connectivity index is 1.60. The molecule has 0 aliphatic rings. The van der Waals surface area contributed by atoms with E-state index >= 15 is 0 Å². The summed E-state index contributed by atoms with van der Waals surface area (Å²) in [5, 5.41) is 11.5. The van der Waals surface area contributed by atoms with E-state index in [1.165, 1.54) is 4.68 Å². The molecule has 3 rings (SSSR count). The van der Waals surface area contributed by atoms with Crippen LogP contribution >= 0.6 is 11.6 Å². The van der Waals surface area contributed by atoms with Crippen LogP contribution in [0.5, 0.6) is 0 Å². The summed E-state index contributed by atoms with van der Waals surface area (Å²) in [4.78, 5) is 12.4. The van der Waals surface area contributed by atoms with Crippen LogP contribution in [0.4, 0.5) is 5.95 Å². The lowest BCUT2D eigenvalue weighted by molar-refractivity contribution is 0.590.